The van der Waals surface area contributed by atoms with Crippen LogP contribution in [0.5, 0.6) is 0 Å². The first kappa shape index (κ1) is 9.75. The van der Waals surface area contributed by atoms with Crippen molar-refractivity contribution in [1.82, 2.24) is 4.90 Å². The molecule has 0 spiro atoms. The molecular formula is C9H14ClNO. The number of hydrogen-bond acceptors (Lipinski definition) is 2. The highest BCUT2D eigenvalue weighted by Gasteiger charge is 2.19. The van der Waals surface area contributed by atoms with E-state index >= 15 is 0 Å². The molecule has 2 nitrogen and oxygen atoms in total. The van der Waals surface area contributed by atoms with E-state index in [1.807, 2.05) is 6.08 Å². The molecule has 68 valence electrons. The zero-order chi connectivity index (χ0) is 8.97. The number of allylic oxidation sites excluding steroid dienone is 1. The topological polar surface area (TPSA) is 20.3 Å². The van der Waals surface area contributed by atoms with E-state index in [2.05, 4.69) is 11.8 Å². The fourth-order valence-corrected chi connectivity index (χ4v) is 1.72. The molecular weight excluding hydrogens is 174 g/mol. The lowest BCUT2D eigenvalue weighted by Gasteiger charge is -2.18. The monoisotopic (exact) mass is 187 g/mol. The van der Waals surface area contributed by atoms with Gasteiger partial charge in [0, 0.05) is 6.04 Å². The molecule has 0 N–H and O–H groups in total. The highest BCUT2D eigenvalue weighted by atomic mass is 35.5. The number of hydrogen-bond donors (Lipinski definition) is 0. The van der Waals surface area contributed by atoms with E-state index in [1.165, 1.54) is 12.5 Å². The third-order valence-electron chi connectivity index (χ3n) is 2.27. The Morgan fingerprint density at radius 2 is 2.50 bits per heavy atom. The Balaban J connectivity index is 2.45. The molecule has 1 rings (SSSR count). The van der Waals surface area contributed by atoms with Crippen LogP contribution >= 0.6 is 11.6 Å². The largest absolute Gasteiger partial charge is 0.297 e. The molecule has 3 heteroatoms. The molecule has 0 radical (unpaired) electrons. The SMILES string of the molecule is CCN1CCC[C@@H]1/C=C/C(=O)Cl. The first-order valence-electron chi connectivity index (χ1n) is 4.35. The van der Waals surface area contributed by atoms with Crippen molar-refractivity contribution in [1.29, 1.82) is 0 Å². The van der Waals surface area contributed by atoms with E-state index in [1.54, 1.807) is 0 Å². The van der Waals surface area contributed by atoms with Crippen LogP contribution in [0.4, 0.5) is 0 Å². The number of rotatable bonds is 3. The van der Waals surface area contributed by atoms with Gasteiger partial charge in [-0.25, -0.2) is 0 Å². The first-order chi connectivity index (χ1) is 5.74. The summed E-state index contributed by atoms with van der Waals surface area (Å²) in [5.41, 5.74) is 0. The molecule has 1 fully saturated rings. The van der Waals surface area contributed by atoms with Crippen LogP contribution in [-0.4, -0.2) is 29.3 Å². The Bertz CT molecular complexity index is 191. The fraction of sp³-hybridized carbons (Fsp3) is 0.667. The minimum atomic E-state index is -0.377. The van der Waals surface area contributed by atoms with Crippen LogP contribution in [0.3, 0.4) is 0 Å². The Kier molecular flexibility index (Phi) is 3.76. The average Bonchev–Trinajstić information content (AvgIpc) is 2.47. The van der Waals surface area contributed by atoms with Crippen molar-refractivity contribution in [2.75, 3.05) is 13.1 Å². The molecule has 1 saturated heterocycles. The van der Waals surface area contributed by atoms with Crippen molar-refractivity contribution in [2.45, 2.75) is 25.8 Å². The highest BCUT2D eigenvalue weighted by molar-refractivity contribution is 6.66. The van der Waals surface area contributed by atoms with Crippen LogP contribution in [0.2, 0.25) is 0 Å². The van der Waals surface area contributed by atoms with Crippen molar-refractivity contribution in [3.63, 3.8) is 0 Å². The van der Waals surface area contributed by atoms with Gasteiger partial charge in [0.15, 0.2) is 0 Å². The summed E-state index contributed by atoms with van der Waals surface area (Å²) in [6.45, 7) is 4.32. The lowest BCUT2D eigenvalue weighted by atomic mass is 10.2. The van der Waals surface area contributed by atoms with E-state index < -0.39 is 0 Å². The second-order valence-electron chi connectivity index (χ2n) is 3.00. The van der Waals surface area contributed by atoms with Gasteiger partial charge in [-0.1, -0.05) is 13.0 Å². The smallest absolute Gasteiger partial charge is 0.244 e. The summed E-state index contributed by atoms with van der Waals surface area (Å²) in [6.07, 6.45) is 5.74. The number of halogens is 1. The van der Waals surface area contributed by atoms with Crippen molar-refractivity contribution >= 4 is 16.8 Å². The van der Waals surface area contributed by atoms with Crippen LogP contribution in [0.25, 0.3) is 0 Å². The van der Waals surface area contributed by atoms with Crippen molar-refractivity contribution < 1.29 is 4.79 Å². The fourth-order valence-electron chi connectivity index (χ4n) is 1.65. The first-order valence-corrected chi connectivity index (χ1v) is 4.73. The van der Waals surface area contributed by atoms with Gasteiger partial charge in [0.2, 0.25) is 5.24 Å². The summed E-state index contributed by atoms with van der Waals surface area (Å²) in [4.78, 5) is 12.8. The third-order valence-corrected chi connectivity index (χ3v) is 2.40. The molecule has 0 aromatic rings. The lowest BCUT2D eigenvalue weighted by molar-refractivity contribution is -0.107. The van der Waals surface area contributed by atoms with Crippen molar-refractivity contribution in [3.8, 4) is 0 Å². The van der Waals surface area contributed by atoms with Gasteiger partial charge >= 0.3 is 0 Å². The molecule has 0 unspecified atom stereocenters. The maximum Gasteiger partial charge on any atom is 0.244 e. The number of carbonyl (C=O) groups is 1. The second-order valence-corrected chi connectivity index (χ2v) is 3.37. The molecule has 0 aliphatic carbocycles. The summed E-state index contributed by atoms with van der Waals surface area (Å²) in [5, 5.41) is -0.377. The molecule has 0 aromatic heterocycles. The number of nitrogens with zero attached hydrogens (tertiary/aromatic N) is 1. The lowest BCUT2D eigenvalue weighted by Crippen LogP contribution is -2.27. The number of likely N-dealkylation sites (N-methyl/N-ethyl adjacent to an activating group) is 1. The van der Waals surface area contributed by atoms with Crippen LogP contribution in [0.15, 0.2) is 12.2 Å². The van der Waals surface area contributed by atoms with Gasteiger partial charge in [0.25, 0.3) is 0 Å². The highest BCUT2D eigenvalue weighted by Crippen LogP contribution is 2.17. The molecule has 0 bridgehead atoms. The molecule has 12 heavy (non-hydrogen) atoms. The van der Waals surface area contributed by atoms with Gasteiger partial charge in [0.1, 0.15) is 0 Å². The Morgan fingerprint density at radius 3 is 3.08 bits per heavy atom. The van der Waals surface area contributed by atoms with Crippen molar-refractivity contribution in [2.24, 2.45) is 0 Å². The zero-order valence-corrected chi connectivity index (χ0v) is 8.05. The van der Waals surface area contributed by atoms with E-state index in [-0.39, 0.29) is 5.24 Å². The van der Waals surface area contributed by atoms with Crippen LogP contribution in [0, 0.1) is 0 Å². The Hall–Kier alpha value is -0.340. The van der Waals surface area contributed by atoms with E-state index in [0.717, 1.165) is 19.5 Å². The van der Waals surface area contributed by atoms with Gasteiger partial charge in [0.05, 0.1) is 0 Å². The maximum absolute atomic E-state index is 10.5. The van der Waals surface area contributed by atoms with Gasteiger partial charge in [-0.05, 0) is 43.6 Å². The molecule has 1 aliphatic rings. The van der Waals surface area contributed by atoms with Gasteiger partial charge < -0.3 is 0 Å². The summed E-state index contributed by atoms with van der Waals surface area (Å²) < 4.78 is 0. The Labute approximate surface area is 78.2 Å². The Morgan fingerprint density at radius 1 is 1.75 bits per heavy atom. The normalized spacial score (nSPS) is 25.3. The number of likely N-dealkylation sites (tertiary alicyclic amines) is 1. The summed E-state index contributed by atoms with van der Waals surface area (Å²) in [7, 11) is 0. The van der Waals surface area contributed by atoms with Crippen LogP contribution in [0.1, 0.15) is 19.8 Å². The van der Waals surface area contributed by atoms with Gasteiger partial charge in [-0.3, -0.25) is 9.69 Å². The van der Waals surface area contributed by atoms with E-state index in [9.17, 15) is 4.79 Å². The molecule has 1 atom stereocenters. The summed E-state index contributed by atoms with van der Waals surface area (Å²) in [6, 6.07) is 0.428. The molecule has 1 heterocycles. The number of carbonyl (C=O) groups excluding carboxylic acids is 1. The summed E-state index contributed by atoms with van der Waals surface area (Å²) >= 11 is 5.20. The third kappa shape index (κ3) is 2.61. The molecule has 1 aliphatic heterocycles. The standard InChI is InChI=1S/C9H14ClNO/c1-2-11-7-3-4-8(11)5-6-9(10)12/h5-6,8H,2-4,7H2,1H3/b6-5+/t8-/m1/s1. The molecule has 0 aromatic carbocycles. The average molecular weight is 188 g/mol. The minimum absolute atomic E-state index is 0.377. The van der Waals surface area contributed by atoms with Gasteiger partial charge in [-0.15, -0.1) is 0 Å². The summed E-state index contributed by atoms with van der Waals surface area (Å²) in [5.74, 6) is 0. The second kappa shape index (κ2) is 4.63. The zero-order valence-electron chi connectivity index (χ0n) is 7.29. The molecule has 0 amide bonds. The van der Waals surface area contributed by atoms with E-state index in [0.29, 0.717) is 6.04 Å². The van der Waals surface area contributed by atoms with Gasteiger partial charge in [-0.2, -0.15) is 0 Å². The predicted molar refractivity (Wildman–Crippen MR) is 50.3 cm³/mol. The molecule has 0 saturated carbocycles. The quantitative estimate of drug-likeness (QED) is 0.496. The van der Waals surface area contributed by atoms with E-state index in [4.69, 9.17) is 11.6 Å². The minimum Gasteiger partial charge on any atom is -0.297 e. The maximum atomic E-state index is 10.5. The van der Waals surface area contributed by atoms with Crippen LogP contribution in [-0.2, 0) is 4.79 Å². The van der Waals surface area contributed by atoms with Crippen LogP contribution < -0.4 is 0 Å². The van der Waals surface area contributed by atoms with Crippen molar-refractivity contribution in [3.05, 3.63) is 12.2 Å². The predicted octanol–water partition coefficient (Wildman–Crippen LogP) is 1.79.